The first-order chi connectivity index (χ1) is 40.2. The minimum atomic E-state index is -0.824. The number of piperazine rings is 1. The van der Waals surface area contributed by atoms with E-state index in [1.807, 2.05) is 63.5 Å². The maximum absolute atomic E-state index is 17.1. The van der Waals surface area contributed by atoms with Crippen molar-refractivity contribution >= 4 is 56.5 Å². The number of aliphatic hydroxyl groups excluding tert-OH is 1. The number of ether oxygens (including phenoxy) is 1. The zero-order valence-corrected chi connectivity index (χ0v) is 48.2. The molecule has 17 nitrogen and oxygen atoms in total. The van der Waals surface area contributed by atoms with Crippen LogP contribution in [0, 0.1) is 48.7 Å². The van der Waals surface area contributed by atoms with Crippen molar-refractivity contribution in [3.05, 3.63) is 101 Å². The lowest BCUT2D eigenvalue weighted by Gasteiger charge is -2.36. The second-order valence-corrected chi connectivity index (χ2v) is 24.7. The average molecular weight is 1150 g/mol. The van der Waals surface area contributed by atoms with Crippen molar-refractivity contribution in [3.8, 4) is 45.8 Å². The molecule has 434 valence electrons. The number of terminal acetylenes is 1. The molecule has 5 aliphatic rings. The molecule has 5 saturated heterocycles. The zero-order valence-electron chi connectivity index (χ0n) is 47.4. The van der Waals surface area contributed by atoms with Gasteiger partial charge >= 0.3 is 6.01 Å². The topological polar surface area (TPSA) is 198 Å². The number of phenolic OH excluding ortho intramolecular Hbond substituents is 1. The number of benzene rings is 3. The molecule has 5 fully saturated rings. The van der Waals surface area contributed by atoms with Gasteiger partial charge in [0.15, 0.2) is 17.4 Å². The highest BCUT2D eigenvalue weighted by Crippen LogP contribution is 2.41. The number of thiazole rings is 1. The molecule has 0 radical (unpaired) electrons. The van der Waals surface area contributed by atoms with E-state index >= 15 is 8.78 Å². The molecule has 7 aromatic rings. The second-order valence-electron chi connectivity index (χ2n) is 23.8. The van der Waals surface area contributed by atoms with Crippen molar-refractivity contribution in [2.75, 3.05) is 68.8 Å². The van der Waals surface area contributed by atoms with Gasteiger partial charge in [-0.25, -0.2) is 13.8 Å². The van der Waals surface area contributed by atoms with E-state index in [4.69, 9.17) is 20.7 Å². The number of aromatic hydroxyl groups is 1. The van der Waals surface area contributed by atoms with Crippen molar-refractivity contribution in [2.45, 2.75) is 115 Å². The number of phenols is 1. The Balaban J connectivity index is 0.638. The first kappa shape index (κ1) is 56.2. The van der Waals surface area contributed by atoms with Crippen LogP contribution in [0.2, 0.25) is 0 Å². The molecule has 2 bridgehead atoms. The number of β-amino-alcohol motifs (C(OH)–C–C–N with tert-alkyl or cyclic N) is 1. The van der Waals surface area contributed by atoms with Gasteiger partial charge in [-0.1, -0.05) is 55.3 Å². The monoisotopic (exact) mass is 1150 g/mol. The number of piperidine rings is 2. The number of likely N-dealkylation sites (tertiary alicyclic amines) is 2. The van der Waals surface area contributed by atoms with Gasteiger partial charge in [0.2, 0.25) is 11.8 Å². The Kier molecular flexibility index (Phi) is 16.1. The number of aryl methyl sites for hydroxylation is 1. The minimum absolute atomic E-state index is 0.0181. The highest BCUT2D eigenvalue weighted by Gasteiger charge is 2.44. The highest BCUT2D eigenvalue weighted by molar-refractivity contribution is 7.13. The standard InChI is InChI=1S/C63H71F2N11O6S/c1-6-47-50(64)14-11-42-26-45(77)27-48(55(42)47)57-56(65)58-49(30-66-57)60(75-31-43-12-13-44(32-75)69-43)71-63(70-58)81-24-23-73-19-15-38(16-20-73)25-39-17-21-74(22-18-39)53-29-52(82-72-53)54(35(2)3)62(80)76-33-46(78)28-51(76)61(79)68-36(4)40-7-9-41(10-8-40)59-37(5)67-34-83-59/h1,7-11,14,26-27,29-30,34-36,38-39,43-44,46,51,54,69,77-78H,12-13,15-25,28,31-33H2,2-5H3,(H,68,79)/t36?,43-,44+,46-,51+,54?/m1/s1. The van der Waals surface area contributed by atoms with Gasteiger partial charge in [0, 0.05) is 81.0 Å². The molecule has 5 aliphatic heterocycles. The number of carbonyl (C=O) groups is 2. The smallest absolute Gasteiger partial charge is 0.319 e. The fourth-order valence-corrected chi connectivity index (χ4v) is 14.3. The summed E-state index contributed by atoms with van der Waals surface area (Å²) >= 11 is 1.59. The van der Waals surface area contributed by atoms with Crippen LogP contribution in [0.5, 0.6) is 11.8 Å². The fourth-order valence-electron chi connectivity index (χ4n) is 13.5. The van der Waals surface area contributed by atoms with E-state index < -0.39 is 29.7 Å². The number of rotatable bonds is 16. The molecule has 12 rings (SSSR count). The molecular formula is C63H71F2N11O6S. The maximum atomic E-state index is 17.1. The van der Waals surface area contributed by atoms with Crippen LogP contribution in [0.15, 0.2) is 70.8 Å². The normalized spacial score (nSPS) is 21.5. The first-order valence-electron chi connectivity index (χ1n) is 29.3. The SMILES string of the molecule is C#Cc1c(F)ccc2cc(O)cc(-c3ncc4c(N5C[C@H]6CC[C@@H](C5)N6)nc(OCCN5CCC(CC6CCN(c7cc(C(C(=O)N8C[C@H](O)C[C@H]8C(=O)NC(C)c8ccc(-c9scnc9C)cc8)C(C)C)on7)CC6)CC5)nc4c3F)c12. The number of nitrogens with zero attached hydrogens (tertiary/aromatic N) is 9. The molecule has 2 amide bonds. The average Bonchev–Trinajstić information content (AvgIpc) is 4.31. The van der Waals surface area contributed by atoms with Gasteiger partial charge in [0.05, 0.1) is 39.2 Å². The number of aromatic nitrogens is 5. The molecule has 6 atom stereocenters. The van der Waals surface area contributed by atoms with E-state index in [-0.39, 0.29) is 88.3 Å². The summed E-state index contributed by atoms with van der Waals surface area (Å²) in [6.45, 7) is 13.8. The van der Waals surface area contributed by atoms with Crippen LogP contribution in [0.4, 0.5) is 20.4 Å². The third-order valence-corrected chi connectivity index (χ3v) is 18.9. The van der Waals surface area contributed by atoms with E-state index in [1.54, 1.807) is 17.5 Å². The summed E-state index contributed by atoms with van der Waals surface area (Å²) in [4.78, 5) is 56.2. The summed E-state index contributed by atoms with van der Waals surface area (Å²) in [5.41, 5.74) is 4.82. The van der Waals surface area contributed by atoms with E-state index in [0.29, 0.717) is 66.2 Å². The lowest BCUT2D eigenvalue weighted by Crippen LogP contribution is -2.51. The number of hydrogen-bond donors (Lipinski definition) is 4. The molecule has 4 N–H and O–H groups in total. The number of fused-ring (bicyclic) bond motifs is 4. The Morgan fingerprint density at radius 3 is 2.36 bits per heavy atom. The number of aliphatic hydroxyl groups is 1. The highest BCUT2D eigenvalue weighted by atomic mass is 32.1. The summed E-state index contributed by atoms with van der Waals surface area (Å²) in [5, 5.41) is 33.9. The molecule has 4 aromatic heterocycles. The quantitative estimate of drug-likeness (QED) is 0.0668. The van der Waals surface area contributed by atoms with Crippen molar-refractivity contribution in [2.24, 2.45) is 17.8 Å². The Bertz CT molecular complexity index is 3560. The van der Waals surface area contributed by atoms with Gasteiger partial charge < -0.3 is 44.8 Å². The van der Waals surface area contributed by atoms with Crippen molar-refractivity contribution in [1.29, 1.82) is 0 Å². The summed E-state index contributed by atoms with van der Waals surface area (Å²) in [7, 11) is 0. The number of pyridine rings is 1. The Hall–Kier alpha value is -7.31. The molecule has 0 aliphatic carbocycles. The maximum Gasteiger partial charge on any atom is 0.319 e. The molecule has 2 unspecified atom stereocenters. The van der Waals surface area contributed by atoms with Gasteiger partial charge in [0.25, 0.3) is 0 Å². The molecule has 0 spiro atoms. The number of carbonyl (C=O) groups excluding carboxylic acids is 2. The van der Waals surface area contributed by atoms with E-state index in [1.165, 1.54) is 29.2 Å². The zero-order chi connectivity index (χ0) is 57.6. The first-order valence-corrected chi connectivity index (χ1v) is 30.2. The van der Waals surface area contributed by atoms with E-state index in [2.05, 4.69) is 51.4 Å². The second kappa shape index (κ2) is 23.7. The summed E-state index contributed by atoms with van der Waals surface area (Å²) in [6, 6.07) is 15.0. The molecular weight excluding hydrogens is 1080 g/mol. The van der Waals surface area contributed by atoms with Crippen LogP contribution < -0.4 is 25.2 Å². The molecule has 20 heteroatoms. The summed E-state index contributed by atoms with van der Waals surface area (Å²) in [6.07, 6.45) is 14.1. The van der Waals surface area contributed by atoms with Gasteiger partial charge in [-0.3, -0.25) is 19.5 Å². The van der Waals surface area contributed by atoms with Crippen LogP contribution in [-0.2, 0) is 9.59 Å². The third-order valence-electron chi connectivity index (χ3n) is 18.0. The predicted octanol–water partition coefficient (Wildman–Crippen LogP) is 9.15. The third kappa shape index (κ3) is 11.6. The van der Waals surface area contributed by atoms with Crippen LogP contribution >= 0.6 is 11.3 Å². The van der Waals surface area contributed by atoms with Crippen molar-refractivity contribution < 1.29 is 37.8 Å². The van der Waals surface area contributed by atoms with Gasteiger partial charge in [-0.15, -0.1) is 17.8 Å². The Morgan fingerprint density at radius 1 is 0.928 bits per heavy atom. The minimum Gasteiger partial charge on any atom is -0.508 e. The molecule has 9 heterocycles. The predicted molar refractivity (Wildman–Crippen MR) is 315 cm³/mol. The lowest BCUT2D eigenvalue weighted by atomic mass is 9.83. The summed E-state index contributed by atoms with van der Waals surface area (Å²) < 4.78 is 44.4. The summed E-state index contributed by atoms with van der Waals surface area (Å²) in [5.74, 6) is 2.38. The van der Waals surface area contributed by atoms with E-state index in [0.717, 1.165) is 92.8 Å². The van der Waals surface area contributed by atoms with Gasteiger partial charge in [-0.2, -0.15) is 9.97 Å². The van der Waals surface area contributed by atoms with Crippen LogP contribution in [0.25, 0.3) is 43.4 Å². The lowest BCUT2D eigenvalue weighted by molar-refractivity contribution is -0.141. The van der Waals surface area contributed by atoms with Gasteiger partial charge in [0.1, 0.15) is 47.2 Å². The number of nitrogens with one attached hydrogen (secondary N) is 2. The van der Waals surface area contributed by atoms with E-state index in [9.17, 15) is 19.8 Å². The molecule has 3 aromatic carbocycles. The number of anilines is 2. The van der Waals surface area contributed by atoms with Crippen molar-refractivity contribution in [3.63, 3.8) is 0 Å². The van der Waals surface area contributed by atoms with Crippen LogP contribution in [0.1, 0.15) is 107 Å². The molecule has 0 saturated carbocycles. The Labute approximate surface area is 485 Å². The van der Waals surface area contributed by atoms with Gasteiger partial charge in [-0.05, 0) is 124 Å². The van der Waals surface area contributed by atoms with Crippen LogP contribution in [0.3, 0.4) is 0 Å². The number of halogens is 2. The number of hydrogen-bond acceptors (Lipinski definition) is 16. The van der Waals surface area contributed by atoms with Crippen LogP contribution in [-0.4, -0.2) is 140 Å². The largest absolute Gasteiger partial charge is 0.508 e. The van der Waals surface area contributed by atoms with Crippen molar-refractivity contribution in [1.82, 2.24) is 45.5 Å². The number of amides is 2. The Morgan fingerprint density at radius 2 is 1.66 bits per heavy atom. The molecule has 83 heavy (non-hydrogen) atoms. The fraction of sp³-hybridized carbons (Fsp3) is 0.476.